The first-order chi connectivity index (χ1) is 7.77. The molecule has 0 heterocycles. The average Bonchev–Trinajstić information content (AvgIpc) is 2.31. The maximum atomic E-state index is 9.20. The number of anilines is 2. The van der Waals surface area contributed by atoms with E-state index in [1.807, 2.05) is 42.5 Å². The number of hydrogen-bond acceptors (Lipinski definition) is 3. The third kappa shape index (κ3) is 2.42. The summed E-state index contributed by atoms with van der Waals surface area (Å²) in [6.07, 6.45) is 0. The van der Waals surface area contributed by atoms with Crippen molar-refractivity contribution in [2.45, 2.75) is 0 Å². The van der Waals surface area contributed by atoms with Gasteiger partial charge in [-0.15, -0.1) is 0 Å². The quantitative estimate of drug-likeness (QED) is 0.669. The molecule has 0 saturated carbocycles. The third-order valence-corrected chi connectivity index (χ3v) is 2.29. The summed E-state index contributed by atoms with van der Waals surface area (Å²) >= 11 is 0. The molecular formula is C12H12BNO2. The Morgan fingerprint density at radius 3 is 2.12 bits per heavy atom. The van der Waals surface area contributed by atoms with Crippen molar-refractivity contribution in [1.82, 2.24) is 0 Å². The number of benzene rings is 2. The lowest BCUT2D eigenvalue weighted by molar-refractivity contribution is 0.426. The van der Waals surface area contributed by atoms with Gasteiger partial charge in [0.05, 0.1) is 0 Å². The molecule has 0 aliphatic carbocycles. The van der Waals surface area contributed by atoms with E-state index in [4.69, 9.17) is 0 Å². The van der Waals surface area contributed by atoms with Crippen LogP contribution in [0.2, 0.25) is 0 Å². The zero-order valence-electron chi connectivity index (χ0n) is 8.67. The SMILES string of the molecule is OB(O)c1ccccc1Nc1ccccc1. The lowest BCUT2D eigenvalue weighted by Crippen LogP contribution is -2.31. The molecule has 0 aliphatic rings. The molecular weight excluding hydrogens is 201 g/mol. The van der Waals surface area contributed by atoms with Crippen LogP contribution in [0.4, 0.5) is 11.4 Å². The Balaban J connectivity index is 2.28. The Bertz CT molecular complexity index is 460. The molecule has 0 spiro atoms. The van der Waals surface area contributed by atoms with E-state index in [-0.39, 0.29) is 0 Å². The third-order valence-electron chi connectivity index (χ3n) is 2.29. The van der Waals surface area contributed by atoms with Gasteiger partial charge >= 0.3 is 7.12 Å². The van der Waals surface area contributed by atoms with Gasteiger partial charge in [0.1, 0.15) is 0 Å². The van der Waals surface area contributed by atoms with Crippen LogP contribution in [0.15, 0.2) is 54.6 Å². The predicted octanol–water partition coefficient (Wildman–Crippen LogP) is 1.11. The Hall–Kier alpha value is -1.78. The Morgan fingerprint density at radius 1 is 0.812 bits per heavy atom. The topological polar surface area (TPSA) is 52.5 Å². The molecule has 0 atom stereocenters. The number of hydrogen-bond donors (Lipinski definition) is 3. The molecule has 16 heavy (non-hydrogen) atoms. The predicted molar refractivity (Wildman–Crippen MR) is 66.0 cm³/mol. The highest BCUT2D eigenvalue weighted by Crippen LogP contribution is 2.13. The molecule has 0 aromatic heterocycles. The zero-order chi connectivity index (χ0) is 11.4. The largest absolute Gasteiger partial charge is 0.490 e. The Labute approximate surface area is 94.5 Å². The standard InChI is InChI=1S/C12H12BNO2/c15-13(16)11-8-4-5-9-12(11)14-10-6-2-1-3-7-10/h1-9,14-16H. The zero-order valence-corrected chi connectivity index (χ0v) is 8.67. The van der Waals surface area contributed by atoms with Crippen LogP contribution < -0.4 is 10.8 Å². The monoisotopic (exact) mass is 213 g/mol. The van der Waals surface area contributed by atoms with Crippen LogP contribution in [0.25, 0.3) is 0 Å². The highest BCUT2D eigenvalue weighted by Gasteiger charge is 2.14. The van der Waals surface area contributed by atoms with Crippen LogP contribution >= 0.6 is 0 Å². The normalized spacial score (nSPS) is 9.88. The molecule has 2 aromatic carbocycles. The minimum Gasteiger partial charge on any atom is -0.423 e. The summed E-state index contributed by atoms with van der Waals surface area (Å²) in [4.78, 5) is 0. The van der Waals surface area contributed by atoms with E-state index in [2.05, 4.69) is 5.32 Å². The molecule has 0 radical (unpaired) electrons. The van der Waals surface area contributed by atoms with Crippen molar-refractivity contribution in [3.63, 3.8) is 0 Å². The fourth-order valence-corrected chi connectivity index (χ4v) is 1.51. The highest BCUT2D eigenvalue weighted by molar-refractivity contribution is 6.60. The fourth-order valence-electron chi connectivity index (χ4n) is 1.51. The first kappa shape index (κ1) is 10.7. The van der Waals surface area contributed by atoms with Gasteiger partial charge in [-0.3, -0.25) is 0 Å². The molecule has 0 amide bonds. The Morgan fingerprint density at radius 2 is 1.44 bits per heavy atom. The summed E-state index contributed by atoms with van der Waals surface area (Å²) in [5.41, 5.74) is 2.07. The maximum Gasteiger partial charge on any atom is 0.490 e. The number of nitrogens with one attached hydrogen (secondary N) is 1. The molecule has 0 bridgehead atoms. The van der Waals surface area contributed by atoms with Gasteiger partial charge in [0.2, 0.25) is 0 Å². The highest BCUT2D eigenvalue weighted by atomic mass is 16.4. The molecule has 3 N–H and O–H groups in total. The van der Waals surface area contributed by atoms with E-state index >= 15 is 0 Å². The van der Waals surface area contributed by atoms with Crippen LogP contribution in [0.5, 0.6) is 0 Å². The van der Waals surface area contributed by atoms with Crippen molar-refractivity contribution in [3.05, 3.63) is 54.6 Å². The summed E-state index contributed by atoms with van der Waals surface area (Å²) in [6, 6.07) is 16.7. The second kappa shape index (κ2) is 4.83. The van der Waals surface area contributed by atoms with E-state index in [1.54, 1.807) is 12.1 Å². The number of rotatable bonds is 3. The van der Waals surface area contributed by atoms with Gasteiger partial charge in [0.15, 0.2) is 0 Å². The lowest BCUT2D eigenvalue weighted by Gasteiger charge is -2.11. The van der Waals surface area contributed by atoms with E-state index < -0.39 is 7.12 Å². The first-order valence-corrected chi connectivity index (χ1v) is 5.04. The van der Waals surface area contributed by atoms with E-state index in [0.29, 0.717) is 11.2 Å². The minimum atomic E-state index is -1.47. The van der Waals surface area contributed by atoms with Crippen molar-refractivity contribution in [1.29, 1.82) is 0 Å². The van der Waals surface area contributed by atoms with Crippen molar-refractivity contribution in [3.8, 4) is 0 Å². The summed E-state index contributed by atoms with van der Waals surface area (Å²) in [7, 11) is -1.47. The first-order valence-electron chi connectivity index (χ1n) is 5.04. The van der Waals surface area contributed by atoms with Crippen LogP contribution in [0.3, 0.4) is 0 Å². The molecule has 2 rings (SSSR count). The average molecular weight is 213 g/mol. The fraction of sp³-hybridized carbons (Fsp3) is 0. The molecule has 2 aromatic rings. The van der Waals surface area contributed by atoms with Gasteiger partial charge in [0.25, 0.3) is 0 Å². The molecule has 0 unspecified atom stereocenters. The summed E-state index contributed by atoms with van der Waals surface area (Å²) in [5, 5.41) is 21.5. The van der Waals surface area contributed by atoms with Crippen LogP contribution in [0, 0.1) is 0 Å². The second-order valence-corrected chi connectivity index (χ2v) is 3.45. The van der Waals surface area contributed by atoms with Gasteiger partial charge < -0.3 is 15.4 Å². The number of para-hydroxylation sites is 2. The molecule has 0 aliphatic heterocycles. The summed E-state index contributed by atoms with van der Waals surface area (Å²) in [5.74, 6) is 0. The van der Waals surface area contributed by atoms with Crippen molar-refractivity contribution >= 4 is 24.0 Å². The lowest BCUT2D eigenvalue weighted by atomic mass is 9.79. The molecule has 4 heteroatoms. The van der Waals surface area contributed by atoms with Gasteiger partial charge in [0, 0.05) is 16.8 Å². The van der Waals surface area contributed by atoms with Crippen LogP contribution in [-0.2, 0) is 0 Å². The smallest absolute Gasteiger partial charge is 0.423 e. The van der Waals surface area contributed by atoms with Crippen LogP contribution in [-0.4, -0.2) is 17.2 Å². The Kier molecular flexibility index (Phi) is 3.24. The van der Waals surface area contributed by atoms with Gasteiger partial charge in [-0.25, -0.2) is 0 Å². The summed E-state index contributed by atoms with van der Waals surface area (Å²) < 4.78 is 0. The van der Waals surface area contributed by atoms with Gasteiger partial charge in [-0.2, -0.15) is 0 Å². The molecule has 3 nitrogen and oxygen atoms in total. The van der Waals surface area contributed by atoms with Crippen LogP contribution in [0.1, 0.15) is 0 Å². The van der Waals surface area contributed by atoms with Crippen molar-refractivity contribution < 1.29 is 10.0 Å². The molecule has 80 valence electrons. The van der Waals surface area contributed by atoms with E-state index in [0.717, 1.165) is 5.69 Å². The second-order valence-electron chi connectivity index (χ2n) is 3.45. The van der Waals surface area contributed by atoms with E-state index in [9.17, 15) is 10.0 Å². The van der Waals surface area contributed by atoms with Crippen molar-refractivity contribution in [2.24, 2.45) is 0 Å². The van der Waals surface area contributed by atoms with E-state index in [1.165, 1.54) is 0 Å². The van der Waals surface area contributed by atoms with Gasteiger partial charge in [-0.1, -0.05) is 36.4 Å². The maximum absolute atomic E-state index is 9.20. The van der Waals surface area contributed by atoms with Gasteiger partial charge in [-0.05, 0) is 18.2 Å². The summed E-state index contributed by atoms with van der Waals surface area (Å²) in [6.45, 7) is 0. The molecule has 0 fully saturated rings. The minimum absolute atomic E-state index is 0.464. The molecule has 0 saturated heterocycles. The van der Waals surface area contributed by atoms with Crippen molar-refractivity contribution in [2.75, 3.05) is 5.32 Å².